The number of phenolic OH excluding ortho intramolecular Hbond substituents is 1. The van der Waals surface area contributed by atoms with Crippen molar-refractivity contribution in [3.8, 4) is 5.75 Å². The molecule has 0 bridgehead atoms. The van der Waals surface area contributed by atoms with E-state index >= 15 is 0 Å². The zero-order valence-corrected chi connectivity index (χ0v) is 20.3. The zero-order chi connectivity index (χ0) is 23.8. The van der Waals surface area contributed by atoms with Crippen molar-refractivity contribution < 1.29 is 9.90 Å². The minimum absolute atomic E-state index is 0.286. The highest BCUT2D eigenvalue weighted by Gasteiger charge is 2.45. The van der Waals surface area contributed by atoms with Gasteiger partial charge in [0, 0.05) is 36.7 Å². The second-order valence-electron chi connectivity index (χ2n) is 10.9. The molecule has 2 heterocycles. The van der Waals surface area contributed by atoms with Crippen LogP contribution in [0.5, 0.6) is 5.75 Å². The van der Waals surface area contributed by atoms with E-state index in [1.165, 1.54) is 40.8 Å². The summed E-state index contributed by atoms with van der Waals surface area (Å²) in [7, 11) is 0. The molecule has 6 rings (SSSR count). The van der Waals surface area contributed by atoms with Gasteiger partial charge in [-0.05, 0) is 84.7 Å². The van der Waals surface area contributed by atoms with Crippen LogP contribution in [-0.4, -0.2) is 49.0 Å². The Labute approximate surface area is 208 Å². The van der Waals surface area contributed by atoms with Gasteiger partial charge in [-0.15, -0.1) is 0 Å². The third-order valence-corrected chi connectivity index (χ3v) is 8.56. The molecule has 0 amide bonds. The van der Waals surface area contributed by atoms with Gasteiger partial charge < -0.3 is 14.8 Å². The van der Waals surface area contributed by atoms with Crippen molar-refractivity contribution in [2.45, 2.75) is 37.5 Å². The molecule has 3 aromatic carbocycles. The van der Waals surface area contributed by atoms with Crippen molar-refractivity contribution in [2.24, 2.45) is 5.41 Å². The Balaban J connectivity index is 1.24. The molecule has 4 nitrogen and oxygen atoms in total. The number of hydrogen-bond donors (Lipinski definition) is 1. The van der Waals surface area contributed by atoms with E-state index in [4.69, 9.17) is 0 Å². The first-order valence-electron chi connectivity index (χ1n) is 13.0. The lowest BCUT2D eigenvalue weighted by Gasteiger charge is -2.55. The first-order valence-corrected chi connectivity index (χ1v) is 13.0. The Morgan fingerprint density at radius 1 is 0.943 bits per heavy atom. The summed E-state index contributed by atoms with van der Waals surface area (Å²) in [5.41, 5.74) is 7.00. The minimum Gasteiger partial charge on any atom is -0.508 e. The maximum atomic E-state index is 11.0. The molecule has 0 saturated carbocycles. The first-order chi connectivity index (χ1) is 17.1. The molecular formula is C31H34N2O2. The van der Waals surface area contributed by atoms with Crippen LogP contribution in [0.1, 0.15) is 53.4 Å². The van der Waals surface area contributed by atoms with Crippen LogP contribution in [-0.2, 0) is 11.2 Å². The van der Waals surface area contributed by atoms with Gasteiger partial charge in [0.05, 0.1) is 6.54 Å². The molecule has 2 fully saturated rings. The number of aromatic hydroxyl groups is 1. The van der Waals surface area contributed by atoms with Crippen LogP contribution in [0.25, 0.3) is 0 Å². The quantitative estimate of drug-likeness (QED) is 0.515. The van der Waals surface area contributed by atoms with Crippen molar-refractivity contribution >= 4 is 12.0 Å². The van der Waals surface area contributed by atoms with Crippen LogP contribution in [0.15, 0.2) is 72.8 Å². The Bertz CT molecular complexity index is 1180. The zero-order valence-electron chi connectivity index (χ0n) is 20.3. The summed E-state index contributed by atoms with van der Waals surface area (Å²) in [6.45, 7) is 4.84. The average molecular weight is 467 g/mol. The minimum atomic E-state index is 0.286. The molecule has 180 valence electrons. The number of aryl methyl sites for hydroxylation is 1. The molecule has 3 aliphatic rings. The molecular weight excluding hydrogens is 432 g/mol. The van der Waals surface area contributed by atoms with E-state index in [0.717, 1.165) is 45.3 Å². The van der Waals surface area contributed by atoms with Gasteiger partial charge in [-0.25, -0.2) is 0 Å². The number of benzene rings is 3. The van der Waals surface area contributed by atoms with Crippen LogP contribution in [0, 0.1) is 5.41 Å². The van der Waals surface area contributed by atoms with Crippen LogP contribution in [0.4, 0.5) is 5.69 Å². The highest BCUT2D eigenvalue weighted by molar-refractivity contribution is 5.55. The molecule has 1 N–H and O–H groups in total. The van der Waals surface area contributed by atoms with Crippen molar-refractivity contribution in [1.29, 1.82) is 0 Å². The van der Waals surface area contributed by atoms with Crippen molar-refractivity contribution in [1.82, 2.24) is 4.90 Å². The van der Waals surface area contributed by atoms with Gasteiger partial charge in [0.15, 0.2) is 0 Å². The topological polar surface area (TPSA) is 43.8 Å². The number of nitrogens with zero attached hydrogens (tertiary/aromatic N) is 2. The summed E-state index contributed by atoms with van der Waals surface area (Å²) < 4.78 is 0. The van der Waals surface area contributed by atoms with Gasteiger partial charge in [-0.1, -0.05) is 48.5 Å². The molecule has 3 aromatic rings. The van der Waals surface area contributed by atoms with Crippen molar-refractivity contribution in [3.63, 3.8) is 0 Å². The number of phenols is 1. The lowest BCUT2D eigenvalue weighted by Crippen LogP contribution is -2.63. The number of carbonyl (C=O) groups is 1. The molecule has 2 aliphatic heterocycles. The Kier molecular flexibility index (Phi) is 5.85. The standard InChI is InChI=1S/C31H34N2O2/c34-18-17-32-16-4-15-31(20-32)21-33(22-31)26-10-7-24(8-11-26)30-28(23-5-2-1-3-6-23)13-9-25-19-27(35)12-14-29(25)30/h1-3,5-8,10-12,14,18-19,28,30,35H,4,9,13,15-17,20-22H2/t28-,30+/m0/s1. The van der Waals surface area contributed by atoms with Crippen LogP contribution in [0.3, 0.4) is 0 Å². The summed E-state index contributed by atoms with van der Waals surface area (Å²) in [5.74, 6) is 1.07. The van der Waals surface area contributed by atoms with Crippen LogP contribution in [0.2, 0.25) is 0 Å². The van der Waals surface area contributed by atoms with Gasteiger partial charge in [0.1, 0.15) is 12.0 Å². The fourth-order valence-electron chi connectivity index (χ4n) is 6.95. The Morgan fingerprint density at radius 3 is 2.51 bits per heavy atom. The second kappa shape index (κ2) is 9.16. The fraction of sp³-hybridized carbons (Fsp3) is 0.387. The van der Waals surface area contributed by atoms with Gasteiger partial charge in [-0.3, -0.25) is 4.90 Å². The molecule has 1 spiro atoms. The van der Waals surface area contributed by atoms with Crippen LogP contribution < -0.4 is 4.90 Å². The Morgan fingerprint density at radius 2 is 1.74 bits per heavy atom. The number of fused-ring (bicyclic) bond motifs is 1. The highest BCUT2D eigenvalue weighted by atomic mass is 16.3. The predicted molar refractivity (Wildman–Crippen MR) is 140 cm³/mol. The van der Waals surface area contributed by atoms with E-state index in [1.54, 1.807) is 0 Å². The molecule has 35 heavy (non-hydrogen) atoms. The van der Waals surface area contributed by atoms with Gasteiger partial charge >= 0.3 is 0 Å². The molecule has 0 unspecified atom stereocenters. The number of likely N-dealkylation sites (tertiary alicyclic amines) is 1. The van der Waals surface area contributed by atoms with E-state index in [-0.39, 0.29) is 5.92 Å². The lowest BCUT2D eigenvalue weighted by atomic mass is 9.69. The smallest absolute Gasteiger partial charge is 0.133 e. The maximum Gasteiger partial charge on any atom is 0.133 e. The van der Waals surface area contributed by atoms with Gasteiger partial charge in [0.25, 0.3) is 0 Å². The van der Waals surface area contributed by atoms with Gasteiger partial charge in [-0.2, -0.15) is 0 Å². The summed E-state index contributed by atoms with van der Waals surface area (Å²) in [5, 5.41) is 10.1. The second-order valence-corrected chi connectivity index (χ2v) is 10.9. The van der Waals surface area contributed by atoms with E-state index in [9.17, 15) is 9.90 Å². The van der Waals surface area contributed by atoms with Crippen molar-refractivity contribution in [3.05, 3.63) is 95.1 Å². The van der Waals surface area contributed by atoms with Gasteiger partial charge in [0.2, 0.25) is 0 Å². The third kappa shape index (κ3) is 4.25. The van der Waals surface area contributed by atoms with Crippen molar-refractivity contribution in [2.75, 3.05) is 37.6 Å². The first kappa shape index (κ1) is 22.4. The fourth-order valence-corrected chi connectivity index (χ4v) is 6.95. The predicted octanol–water partition coefficient (Wildman–Crippen LogP) is 5.36. The number of piperidine rings is 1. The normalized spacial score (nSPS) is 23.5. The SMILES string of the molecule is O=CCN1CCCC2(C1)CN(c1ccc([C@H]3c4ccc(O)cc4CC[C@H]3c3ccccc3)cc1)C2. The summed E-state index contributed by atoms with van der Waals surface area (Å²) in [6, 6.07) is 26.1. The summed E-state index contributed by atoms with van der Waals surface area (Å²) >= 11 is 0. The molecule has 0 aromatic heterocycles. The number of aldehydes is 1. The number of hydrogen-bond acceptors (Lipinski definition) is 4. The van der Waals surface area contributed by atoms with Crippen LogP contribution >= 0.6 is 0 Å². The highest BCUT2D eigenvalue weighted by Crippen LogP contribution is 2.48. The third-order valence-electron chi connectivity index (χ3n) is 8.56. The van der Waals surface area contributed by atoms with E-state index in [0.29, 0.717) is 23.6 Å². The molecule has 2 saturated heterocycles. The van der Waals surface area contributed by atoms with E-state index < -0.39 is 0 Å². The molecule has 4 heteroatoms. The maximum absolute atomic E-state index is 11.0. The van der Waals surface area contributed by atoms with E-state index in [1.807, 2.05) is 12.1 Å². The monoisotopic (exact) mass is 466 g/mol. The Hall–Kier alpha value is -3.11. The number of carbonyl (C=O) groups excluding carboxylic acids is 1. The molecule has 1 aliphatic carbocycles. The summed E-state index contributed by atoms with van der Waals surface area (Å²) in [4.78, 5) is 15.8. The molecule has 2 atom stereocenters. The number of anilines is 1. The number of rotatable bonds is 5. The average Bonchev–Trinajstić information content (AvgIpc) is 2.87. The largest absolute Gasteiger partial charge is 0.508 e. The summed E-state index contributed by atoms with van der Waals surface area (Å²) in [6.07, 6.45) is 5.58. The molecule has 0 radical (unpaired) electrons. The van der Waals surface area contributed by atoms with E-state index in [2.05, 4.69) is 70.5 Å². The lowest BCUT2D eigenvalue weighted by molar-refractivity contribution is -0.109.